The Morgan fingerprint density at radius 1 is 1.53 bits per heavy atom. The van der Waals surface area contributed by atoms with Gasteiger partial charge in [-0.1, -0.05) is 11.6 Å². The second-order valence-corrected chi connectivity index (χ2v) is 4.22. The first-order valence-electron chi connectivity index (χ1n) is 3.86. The van der Waals surface area contributed by atoms with Crippen molar-refractivity contribution in [2.45, 2.75) is 13.5 Å². The summed E-state index contributed by atoms with van der Waals surface area (Å²) in [6, 6.07) is 2.67. The van der Waals surface area contributed by atoms with E-state index in [4.69, 9.17) is 11.6 Å². The van der Waals surface area contributed by atoms with Crippen LogP contribution in [0.25, 0.3) is 0 Å². The summed E-state index contributed by atoms with van der Waals surface area (Å²) in [5.41, 5.74) is 0.277. The molecule has 0 amide bonds. The molecule has 1 aromatic carbocycles. The number of carbonyl (C=O) groups excluding carboxylic acids is 1. The third kappa shape index (κ3) is 3.27. The molecule has 1 aromatic rings. The number of rotatable bonds is 3. The van der Waals surface area contributed by atoms with Crippen LogP contribution < -0.4 is 4.74 Å². The van der Waals surface area contributed by atoms with Crippen molar-refractivity contribution in [1.82, 2.24) is 0 Å². The van der Waals surface area contributed by atoms with Crippen LogP contribution in [-0.2, 0) is 0 Å². The molecule has 82 valence electrons. The maximum absolute atomic E-state index is 12.0. The lowest BCUT2D eigenvalue weighted by molar-refractivity contribution is -0.0504. The Labute approximate surface area is 104 Å². The number of Topliss-reactive ketones (excluding diaryl/α,β-unsaturated/α-hetero) is 1. The molecule has 0 aliphatic carbocycles. The quantitative estimate of drug-likeness (QED) is 0.615. The third-order valence-corrected chi connectivity index (χ3v) is 2.93. The zero-order valence-electron chi connectivity index (χ0n) is 7.56. The van der Waals surface area contributed by atoms with Crippen molar-refractivity contribution in [3.63, 3.8) is 0 Å². The fourth-order valence-corrected chi connectivity index (χ4v) is 2.03. The maximum atomic E-state index is 12.0. The maximum Gasteiger partial charge on any atom is 0.387 e. The molecule has 15 heavy (non-hydrogen) atoms. The van der Waals surface area contributed by atoms with Gasteiger partial charge in [0.1, 0.15) is 5.75 Å². The average molecular weight is 346 g/mol. The lowest BCUT2D eigenvalue weighted by Gasteiger charge is -2.09. The number of carbonyl (C=O) groups is 1. The molecule has 0 aliphatic rings. The van der Waals surface area contributed by atoms with Crippen LogP contribution >= 0.6 is 34.2 Å². The van der Waals surface area contributed by atoms with E-state index in [0.717, 1.165) is 0 Å². The molecule has 0 aromatic heterocycles. The molecule has 2 nitrogen and oxygen atoms in total. The van der Waals surface area contributed by atoms with E-state index in [2.05, 4.69) is 4.74 Å². The van der Waals surface area contributed by atoms with Gasteiger partial charge in [-0.3, -0.25) is 4.79 Å². The average Bonchev–Trinajstić information content (AvgIpc) is 2.09. The molecule has 1 rings (SSSR count). The highest BCUT2D eigenvalue weighted by molar-refractivity contribution is 14.1. The normalized spacial score (nSPS) is 10.5. The first kappa shape index (κ1) is 12.6. The fraction of sp³-hybridized carbons (Fsp3) is 0.222. The molecule has 0 N–H and O–H groups in total. The SMILES string of the molecule is CC(=O)c1cc(Cl)cc(OC(F)F)c1I. The summed E-state index contributed by atoms with van der Waals surface area (Å²) in [5.74, 6) is -0.329. The van der Waals surface area contributed by atoms with Crippen molar-refractivity contribution in [3.8, 4) is 5.75 Å². The van der Waals surface area contributed by atoms with Gasteiger partial charge < -0.3 is 4.74 Å². The van der Waals surface area contributed by atoms with Gasteiger partial charge in [0, 0.05) is 16.7 Å². The molecule has 0 unspecified atom stereocenters. The molecule has 6 heteroatoms. The second kappa shape index (κ2) is 5.07. The van der Waals surface area contributed by atoms with Crippen LogP contribution in [0.5, 0.6) is 5.75 Å². The lowest BCUT2D eigenvalue weighted by atomic mass is 10.1. The monoisotopic (exact) mass is 346 g/mol. The van der Waals surface area contributed by atoms with Crippen molar-refractivity contribution in [2.75, 3.05) is 0 Å². The minimum atomic E-state index is -2.93. The summed E-state index contributed by atoms with van der Waals surface area (Å²) in [6.07, 6.45) is 0. The Hall–Kier alpha value is -0.430. The Morgan fingerprint density at radius 3 is 2.60 bits per heavy atom. The minimum absolute atomic E-state index is 0.0803. The van der Waals surface area contributed by atoms with Crippen LogP contribution in [0, 0.1) is 3.57 Å². The van der Waals surface area contributed by atoms with E-state index in [1.165, 1.54) is 19.1 Å². The molecule has 0 saturated heterocycles. The molecular weight excluding hydrogens is 340 g/mol. The molecular formula is C9H6ClF2IO2. The van der Waals surface area contributed by atoms with Crippen LogP contribution in [-0.4, -0.2) is 12.4 Å². The van der Waals surface area contributed by atoms with Crippen molar-refractivity contribution in [2.24, 2.45) is 0 Å². The summed E-state index contributed by atoms with van der Waals surface area (Å²) < 4.78 is 28.6. The van der Waals surface area contributed by atoms with Gasteiger partial charge in [0.25, 0.3) is 0 Å². The van der Waals surface area contributed by atoms with E-state index in [1.54, 1.807) is 22.6 Å². The predicted octanol–water partition coefficient (Wildman–Crippen LogP) is 3.75. The van der Waals surface area contributed by atoms with E-state index in [-0.39, 0.29) is 22.1 Å². The van der Waals surface area contributed by atoms with E-state index in [9.17, 15) is 13.6 Å². The summed E-state index contributed by atoms with van der Waals surface area (Å²) >= 11 is 7.44. The Balaban J connectivity index is 3.22. The molecule has 0 atom stereocenters. The molecule has 0 radical (unpaired) electrons. The van der Waals surface area contributed by atoms with Crippen LogP contribution in [0.3, 0.4) is 0 Å². The molecule has 0 bridgehead atoms. The number of ether oxygens (including phenoxy) is 1. The van der Waals surface area contributed by atoms with E-state index in [0.29, 0.717) is 3.57 Å². The van der Waals surface area contributed by atoms with E-state index >= 15 is 0 Å². The van der Waals surface area contributed by atoms with Crippen LogP contribution in [0.4, 0.5) is 8.78 Å². The third-order valence-electron chi connectivity index (χ3n) is 1.60. The van der Waals surface area contributed by atoms with Gasteiger partial charge in [0.2, 0.25) is 0 Å². The first-order chi connectivity index (χ1) is 6.91. The Bertz CT molecular complexity index is 396. The number of alkyl halides is 2. The largest absolute Gasteiger partial charge is 0.434 e. The van der Waals surface area contributed by atoms with Crippen molar-refractivity contribution < 1.29 is 18.3 Å². The van der Waals surface area contributed by atoms with Gasteiger partial charge in [-0.15, -0.1) is 0 Å². The van der Waals surface area contributed by atoms with Crippen LogP contribution in [0.2, 0.25) is 5.02 Å². The van der Waals surface area contributed by atoms with Gasteiger partial charge in [-0.25, -0.2) is 0 Å². The second-order valence-electron chi connectivity index (χ2n) is 2.70. The van der Waals surface area contributed by atoms with Gasteiger partial charge in [0.05, 0.1) is 3.57 Å². The molecule has 0 fully saturated rings. The van der Waals surface area contributed by atoms with Crippen molar-refractivity contribution in [3.05, 3.63) is 26.3 Å². The van der Waals surface area contributed by atoms with Gasteiger partial charge in [-0.2, -0.15) is 8.78 Å². The first-order valence-corrected chi connectivity index (χ1v) is 5.32. The number of halogens is 4. The molecule has 0 spiro atoms. The molecule has 0 saturated carbocycles. The molecule has 0 heterocycles. The van der Waals surface area contributed by atoms with Crippen LogP contribution in [0.1, 0.15) is 17.3 Å². The number of ketones is 1. The summed E-state index contributed by atoms with van der Waals surface area (Å²) in [7, 11) is 0. The number of benzene rings is 1. The van der Waals surface area contributed by atoms with Gasteiger partial charge in [-0.05, 0) is 35.6 Å². The zero-order valence-corrected chi connectivity index (χ0v) is 10.5. The number of hydrogen-bond donors (Lipinski definition) is 0. The summed E-state index contributed by atoms with van der Waals surface area (Å²) in [5, 5.41) is 0.191. The van der Waals surface area contributed by atoms with Gasteiger partial charge in [0.15, 0.2) is 5.78 Å². The highest BCUT2D eigenvalue weighted by Crippen LogP contribution is 2.30. The topological polar surface area (TPSA) is 26.3 Å². The standard InChI is InChI=1S/C9H6ClF2IO2/c1-4(14)6-2-5(10)3-7(8(6)13)15-9(11)12/h2-3,9H,1H3. The summed E-state index contributed by atoms with van der Waals surface area (Å²) in [6.45, 7) is -1.60. The van der Waals surface area contributed by atoms with E-state index < -0.39 is 6.61 Å². The highest BCUT2D eigenvalue weighted by Gasteiger charge is 2.15. The highest BCUT2D eigenvalue weighted by atomic mass is 127. The Kier molecular flexibility index (Phi) is 4.27. The predicted molar refractivity (Wildman–Crippen MR) is 60.8 cm³/mol. The van der Waals surface area contributed by atoms with Crippen LogP contribution in [0.15, 0.2) is 12.1 Å². The fourth-order valence-electron chi connectivity index (χ4n) is 1.00. The lowest BCUT2D eigenvalue weighted by Crippen LogP contribution is -2.06. The smallest absolute Gasteiger partial charge is 0.387 e. The van der Waals surface area contributed by atoms with E-state index in [1.807, 2.05) is 0 Å². The number of hydrogen-bond acceptors (Lipinski definition) is 2. The summed E-state index contributed by atoms with van der Waals surface area (Å²) in [4.78, 5) is 11.1. The Morgan fingerprint density at radius 2 is 2.13 bits per heavy atom. The molecule has 0 aliphatic heterocycles. The van der Waals surface area contributed by atoms with Crippen molar-refractivity contribution >= 4 is 40.0 Å². The minimum Gasteiger partial charge on any atom is -0.434 e. The van der Waals surface area contributed by atoms with Crippen molar-refractivity contribution in [1.29, 1.82) is 0 Å². The zero-order chi connectivity index (χ0) is 11.6. The van der Waals surface area contributed by atoms with Gasteiger partial charge >= 0.3 is 6.61 Å².